The number of aliphatic hydroxyl groups is 1. The largest absolute Gasteiger partial charge is 0.497 e. The van der Waals surface area contributed by atoms with Crippen LogP contribution in [0.4, 0.5) is 0 Å². The maximum absolute atomic E-state index is 10.5. The summed E-state index contributed by atoms with van der Waals surface area (Å²) in [6.07, 6.45) is 2.80. The zero-order chi connectivity index (χ0) is 15.0. The lowest BCUT2D eigenvalue weighted by atomic mass is 9.87. The van der Waals surface area contributed by atoms with Gasteiger partial charge >= 0.3 is 0 Å². The number of aliphatic hydroxyl groups excluding tert-OH is 1. The van der Waals surface area contributed by atoms with Crippen molar-refractivity contribution in [1.29, 1.82) is 0 Å². The van der Waals surface area contributed by atoms with Crippen LogP contribution in [0.3, 0.4) is 0 Å². The maximum Gasteiger partial charge on any atom is 0.118 e. The normalized spacial score (nSPS) is 13.2. The second kappa shape index (κ2) is 8.28. The maximum atomic E-state index is 10.5. The molecule has 114 valence electrons. The first-order valence-electron chi connectivity index (χ1n) is 7.56. The average molecular weight is 280 g/mol. The molecule has 0 aromatic heterocycles. The molecule has 0 radical (unpaired) electrons. The van der Waals surface area contributed by atoms with Crippen LogP contribution in [0.1, 0.15) is 45.6 Å². The van der Waals surface area contributed by atoms with Crippen molar-refractivity contribution in [1.82, 2.24) is 0 Å². The van der Waals surface area contributed by atoms with Gasteiger partial charge in [0.05, 0.1) is 18.8 Å². The lowest BCUT2D eigenvalue weighted by Gasteiger charge is -2.36. The predicted octanol–water partition coefficient (Wildman–Crippen LogP) is 3.58. The summed E-state index contributed by atoms with van der Waals surface area (Å²) in [6, 6.07) is 8.01. The standard InChI is InChI=1S/C17H28O3/c1-5-17(6-2,20-7-3)16(18)13-10-14-8-11-15(19-4)12-9-14/h8-9,11-12,16,18H,5-7,10,13H2,1-4H3. The van der Waals surface area contributed by atoms with Gasteiger partial charge in [-0.2, -0.15) is 0 Å². The highest BCUT2D eigenvalue weighted by molar-refractivity contribution is 5.27. The number of methoxy groups -OCH3 is 1. The molecule has 0 fully saturated rings. The monoisotopic (exact) mass is 280 g/mol. The minimum absolute atomic E-state index is 0.402. The van der Waals surface area contributed by atoms with Gasteiger partial charge in [0.15, 0.2) is 0 Å². The predicted molar refractivity (Wildman–Crippen MR) is 82.3 cm³/mol. The van der Waals surface area contributed by atoms with Crippen LogP contribution >= 0.6 is 0 Å². The van der Waals surface area contributed by atoms with E-state index in [1.807, 2.05) is 31.2 Å². The Labute approximate surface area is 122 Å². The summed E-state index contributed by atoms with van der Waals surface area (Å²) in [7, 11) is 1.66. The van der Waals surface area contributed by atoms with E-state index in [4.69, 9.17) is 9.47 Å². The Hall–Kier alpha value is -1.06. The molecule has 0 spiro atoms. The minimum atomic E-state index is -0.431. The van der Waals surface area contributed by atoms with Gasteiger partial charge in [-0.25, -0.2) is 0 Å². The molecule has 3 heteroatoms. The van der Waals surface area contributed by atoms with E-state index in [-0.39, 0.29) is 0 Å². The third-order valence-electron chi connectivity index (χ3n) is 4.10. The summed E-state index contributed by atoms with van der Waals surface area (Å²) in [6.45, 7) is 6.78. The molecule has 0 aliphatic heterocycles. The molecule has 0 aliphatic rings. The van der Waals surface area contributed by atoms with Crippen molar-refractivity contribution in [2.24, 2.45) is 0 Å². The van der Waals surface area contributed by atoms with Crippen molar-refractivity contribution in [2.45, 2.75) is 58.2 Å². The van der Waals surface area contributed by atoms with Crippen LogP contribution in [0.15, 0.2) is 24.3 Å². The highest BCUT2D eigenvalue weighted by atomic mass is 16.5. The van der Waals surface area contributed by atoms with Crippen LogP contribution in [0, 0.1) is 0 Å². The van der Waals surface area contributed by atoms with Crippen LogP contribution in [0.25, 0.3) is 0 Å². The fraction of sp³-hybridized carbons (Fsp3) is 0.647. The Morgan fingerprint density at radius 3 is 2.15 bits per heavy atom. The Morgan fingerprint density at radius 2 is 1.70 bits per heavy atom. The molecular weight excluding hydrogens is 252 g/mol. The molecule has 3 nitrogen and oxygen atoms in total. The zero-order valence-electron chi connectivity index (χ0n) is 13.2. The van der Waals surface area contributed by atoms with E-state index in [1.54, 1.807) is 7.11 Å². The first-order valence-corrected chi connectivity index (χ1v) is 7.56. The number of hydrogen-bond acceptors (Lipinski definition) is 3. The molecule has 1 N–H and O–H groups in total. The molecule has 1 rings (SSSR count). The first kappa shape index (κ1) is 17.0. The molecule has 1 atom stereocenters. The van der Waals surface area contributed by atoms with E-state index < -0.39 is 11.7 Å². The molecule has 20 heavy (non-hydrogen) atoms. The van der Waals surface area contributed by atoms with Crippen molar-refractivity contribution in [3.63, 3.8) is 0 Å². The van der Waals surface area contributed by atoms with E-state index in [2.05, 4.69) is 13.8 Å². The Balaban J connectivity index is 2.61. The average Bonchev–Trinajstić information content (AvgIpc) is 2.50. The van der Waals surface area contributed by atoms with Gasteiger partial charge in [0.25, 0.3) is 0 Å². The van der Waals surface area contributed by atoms with Crippen molar-refractivity contribution < 1.29 is 14.6 Å². The molecule has 0 saturated heterocycles. The van der Waals surface area contributed by atoms with Gasteiger partial charge in [0.1, 0.15) is 5.75 Å². The third-order valence-corrected chi connectivity index (χ3v) is 4.10. The highest BCUT2D eigenvalue weighted by Gasteiger charge is 2.34. The van der Waals surface area contributed by atoms with Crippen molar-refractivity contribution in [3.05, 3.63) is 29.8 Å². The van der Waals surface area contributed by atoms with Gasteiger partial charge in [-0.05, 0) is 50.3 Å². The fourth-order valence-corrected chi connectivity index (χ4v) is 2.67. The number of benzene rings is 1. The smallest absolute Gasteiger partial charge is 0.118 e. The Bertz CT molecular complexity index is 368. The molecular formula is C17H28O3. The number of ether oxygens (including phenoxy) is 2. The van der Waals surface area contributed by atoms with Crippen molar-refractivity contribution >= 4 is 0 Å². The number of hydrogen-bond donors (Lipinski definition) is 1. The SMILES string of the molecule is CCOC(CC)(CC)C(O)CCc1ccc(OC)cc1. The molecule has 0 saturated carbocycles. The van der Waals surface area contributed by atoms with Gasteiger partial charge in [-0.1, -0.05) is 26.0 Å². The van der Waals surface area contributed by atoms with Crippen LogP contribution in [-0.4, -0.2) is 30.5 Å². The summed E-state index contributed by atoms with van der Waals surface area (Å²) >= 11 is 0. The van der Waals surface area contributed by atoms with Gasteiger partial charge in [-0.15, -0.1) is 0 Å². The number of rotatable bonds is 9. The van der Waals surface area contributed by atoms with Gasteiger partial charge in [0, 0.05) is 6.61 Å². The van der Waals surface area contributed by atoms with Crippen LogP contribution in [0.5, 0.6) is 5.75 Å². The summed E-state index contributed by atoms with van der Waals surface area (Å²) in [5, 5.41) is 10.5. The van der Waals surface area contributed by atoms with E-state index in [1.165, 1.54) is 5.56 Å². The van der Waals surface area contributed by atoms with E-state index in [0.717, 1.165) is 25.0 Å². The summed E-state index contributed by atoms with van der Waals surface area (Å²) in [4.78, 5) is 0. The molecule has 0 bridgehead atoms. The van der Waals surface area contributed by atoms with Crippen molar-refractivity contribution in [3.8, 4) is 5.75 Å². The lowest BCUT2D eigenvalue weighted by Crippen LogP contribution is -2.44. The summed E-state index contributed by atoms with van der Waals surface area (Å²) < 4.78 is 11.0. The Morgan fingerprint density at radius 1 is 1.10 bits per heavy atom. The molecule has 0 heterocycles. The summed E-state index contributed by atoms with van der Waals surface area (Å²) in [5.41, 5.74) is 0.809. The fourth-order valence-electron chi connectivity index (χ4n) is 2.67. The quantitative estimate of drug-likeness (QED) is 0.751. The van der Waals surface area contributed by atoms with Crippen LogP contribution in [-0.2, 0) is 11.2 Å². The topological polar surface area (TPSA) is 38.7 Å². The number of aryl methyl sites for hydroxylation is 1. The van der Waals surface area contributed by atoms with Crippen molar-refractivity contribution in [2.75, 3.05) is 13.7 Å². The van der Waals surface area contributed by atoms with Gasteiger partial charge in [0.2, 0.25) is 0 Å². The van der Waals surface area contributed by atoms with Gasteiger partial charge < -0.3 is 14.6 Å². The Kier molecular flexibility index (Phi) is 7.03. The van der Waals surface area contributed by atoms with Crippen LogP contribution < -0.4 is 4.74 Å². The summed E-state index contributed by atoms with van der Waals surface area (Å²) in [5.74, 6) is 0.861. The third kappa shape index (κ3) is 4.22. The van der Waals surface area contributed by atoms with Crippen LogP contribution in [0.2, 0.25) is 0 Å². The molecule has 0 aliphatic carbocycles. The minimum Gasteiger partial charge on any atom is -0.497 e. The van der Waals surface area contributed by atoms with E-state index in [9.17, 15) is 5.11 Å². The second-order valence-corrected chi connectivity index (χ2v) is 5.11. The first-order chi connectivity index (χ1) is 9.61. The van der Waals surface area contributed by atoms with E-state index >= 15 is 0 Å². The molecule has 0 amide bonds. The molecule has 1 unspecified atom stereocenters. The zero-order valence-corrected chi connectivity index (χ0v) is 13.2. The lowest BCUT2D eigenvalue weighted by molar-refractivity contribution is -0.127. The highest BCUT2D eigenvalue weighted by Crippen LogP contribution is 2.28. The molecule has 1 aromatic rings. The second-order valence-electron chi connectivity index (χ2n) is 5.11. The van der Waals surface area contributed by atoms with E-state index in [0.29, 0.717) is 13.0 Å². The van der Waals surface area contributed by atoms with Gasteiger partial charge in [-0.3, -0.25) is 0 Å². The molecule has 1 aromatic carbocycles.